The number of halogens is 2. The molecule has 0 aliphatic heterocycles. The van der Waals surface area contributed by atoms with Crippen LogP contribution in [-0.2, 0) is 11.4 Å². The predicted molar refractivity (Wildman–Crippen MR) is 141 cm³/mol. The average molecular weight is 570 g/mol. The van der Waals surface area contributed by atoms with Crippen LogP contribution >= 0.6 is 27.5 Å². The Morgan fingerprint density at radius 1 is 1.17 bits per heavy atom. The number of nitrogens with zero attached hydrogens (tertiary/aromatic N) is 1. The summed E-state index contributed by atoms with van der Waals surface area (Å²) in [5, 5.41) is 21.9. The Hall–Kier alpha value is -3.80. The number of nitrogens with one attached hydrogen (secondary N) is 1. The highest BCUT2D eigenvalue weighted by atomic mass is 79.9. The molecule has 0 aromatic heterocycles. The monoisotopic (exact) mass is 568 g/mol. The van der Waals surface area contributed by atoms with Gasteiger partial charge in [-0.25, -0.2) is 4.79 Å². The van der Waals surface area contributed by atoms with Crippen molar-refractivity contribution < 1.29 is 24.2 Å². The average Bonchev–Trinajstić information content (AvgIpc) is 2.85. The maximum absolute atomic E-state index is 12.8. The van der Waals surface area contributed by atoms with Crippen LogP contribution in [0.5, 0.6) is 11.5 Å². The van der Waals surface area contributed by atoms with Gasteiger partial charge in [-0.3, -0.25) is 4.79 Å². The van der Waals surface area contributed by atoms with E-state index in [1.54, 1.807) is 49.4 Å². The third kappa shape index (κ3) is 6.66. The first-order chi connectivity index (χ1) is 17.2. The Labute approximate surface area is 222 Å². The van der Waals surface area contributed by atoms with E-state index >= 15 is 0 Å². The smallest absolute Gasteiger partial charge is 0.335 e. The van der Waals surface area contributed by atoms with Crippen LogP contribution in [0.3, 0.4) is 0 Å². The van der Waals surface area contributed by atoms with Crippen molar-refractivity contribution in [3.8, 4) is 17.6 Å². The molecule has 0 saturated carbocycles. The molecule has 1 amide bonds. The van der Waals surface area contributed by atoms with Crippen LogP contribution in [0.2, 0.25) is 5.02 Å². The number of hydrogen-bond acceptors (Lipinski definition) is 5. The standard InChI is InChI=1S/C27H22BrClN2O5/c1-3-35-24-13-18(11-20(14-30)26(32)31-23-6-4-5-22(29)16(23)2)12-21(28)25(24)36-15-17-7-9-19(10-8-17)27(33)34/h4-13H,3,15H2,1-2H3,(H,31,32)(H,33,34)/b20-11+. The zero-order valence-electron chi connectivity index (χ0n) is 19.5. The maximum Gasteiger partial charge on any atom is 0.335 e. The molecule has 3 aromatic carbocycles. The molecule has 0 spiro atoms. The molecular formula is C27H22BrClN2O5. The predicted octanol–water partition coefficient (Wildman–Crippen LogP) is 6.63. The first kappa shape index (κ1) is 26.8. The minimum absolute atomic E-state index is 0.101. The topological polar surface area (TPSA) is 109 Å². The quantitative estimate of drug-likeness (QED) is 0.221. The Bertz CT molecular complexity index is 1360. The molecular weight excluding hydrogens is 548 g/mol. The number of ether oxygens (including phenoxy) is 2. The van der Waals surface area contributed by atoms with Gasteiger partial charge in [-0.15, -0.1) is 0 Å². The fourth-order valence-electron chi connectivity index (χ4n) is 3.22. The van der Waals surface area contributed by atoms with Crippen LogP contribution in [0.4, 0.5) is 5.69 Å². The number of hydrogen-bond donors (Lipinski definition) is 2. The van der Waals surface area contributed by atoms with Crippen molar-refractivity contribution in [2.24, 2.45) is 0 Å². The molecule has 0 atom stereocenters. The van der Waals surface area contributed by atoms with E-state index < -0.39 is 11.9 Å². The third-order valence-electron chi connectivity index (χ3n) is 5.11. The number of carbonyl (C=O) groups is 2. The number of nitriles is 1. The van der Waals surface area contributed by atoms with E-state index in [0.717, 1.165) is 5.56 Å². The lowest BCUT2D eigenvalue weighted by molar-refractivity contribution is -0.112. The Morgan fingerprint density at radius 2 is 1.89 bits per heavy atom. The highest BCUT2D eigenvalue weighted by molar-refractivity contribution is 9.10. The van der Waals surface area contributed by atoms with Crippen LogP contribution in [-0.4, -0.2) is 23.6 Å². The minimum Gasteiger partial charge on any atom is -0.490 e. The van der Waals surface area contributed by atoms with Gasteiger partial charge in [0.2, 0.25) is 0 Å². The number of carbonyl (C=O) groups excluding carboxylic acids is 1. The van der Waals surface area contributed by atoms with E-state index in [4.69, 9.17) is 26.2 Å². The Kier molecular flexibility index (Phi) is 9.12. The molecule has 0 bridgehead atoms. The molecule has 0 unspecified atom stereocenters. The fourth-order valence-corrected chi connectivity index (χ4v) is 3.97. The van der Waals surface area contributed by atoms with E-state index in [-0.39, 0.29) is 17.7 Å². The van der Waals surface area contributed by atoms with Crippen molar-refractivity contribution in [3.63, 3.8) is 0 Å². The van der Waals surface area contributed by atoms with Crippen LogP contribution < -0.4 is 14.8 Å². The van der Waals surface area contributed by atoms with E-state index in [0.29, 0.717) is 44.4 Å². The van der Waals surface area contributed by atoms with Crippen molar-refractivity contribution in [2.45, 2.75) is 20.5 Å². The lowest BCUT2D eigenvalue weighted by Crippen LogP contribution is -2.14. The Balaban J connectivity index is 1.84. The van der Waals surface area contributed by atoms with Crippen molar-refractivity contribution in [1.29, 1.82) is 5.26 Å². The van der Waals surface area contributed by atoms with Gasteiger partial charge in [0.15, 0.2) is 11.5 Å². The summed E-state index contributed by atoms with van der Waals surface area (Å²) < 4.78 is 12.2. The summed E-state index contributed by atoms with van der Waals surface area (Å²) in [6.07, 6.45) is 1.46. The van der Waals surface area contributed by atoms with Crippen molar-refractivity contribution in [1.82, 2.24) is 0 Å². The molecule has 0 aliphatic carbocycles. The molecule has 0 fully saturated rings. The molecule has 0 radical (unpaired) electrons. The highest BCUT2D eigenvalue weighted by Gasteiger charge is 2.16. The highest BCUT2D eigenvalue weighted by Crippen LogP contribution is 2.38. The molecule has 3 aromatic rings. The van der Waals surface area contributed by atoms with Gasteiger partial charge in [0.25, 0.3) is 5.91 Å². The lowest BCUT2D eigenvalue weighted by atomic mass is 10.1. The Morgan fingerprint density at radius 3 is 2.53 bits per heavy atom. The summed E-state index contributed by atoms with van der Waals surface area (Å²) in [7, 11) is 0. The first-order valence-electron chi connectivity index (χ1n) is 10.8. The van der Waals surface area contributed by atoms with Crippen LogP contribution in [0.15, 0.2) is 64.6 Å². The summed E-state index contributed by atoms with van der Waals surface area (Å²) in [4.78, 5) is 23.8. The molecule has 36 heavy (non-hydrogen) atoms. The molecule has 3 rings (SSSR count). The molecule has 0 heterocycles. The number of aromatic carboxylic acids is 1. The zero-order chi connectivity index (χ0) is 26.2. The zero-order valence-corrected chi connectivity index (χ0v) is 21.8. The number of anilines is 1. The summed E-state index contributed by atoms with van der Waals surface area (Å²) in [6.45, 7) is 4.15. The van der Waals surface area contributed by atoms with Crippen molar-refractivity contribution >= 4 is 51.2 Å². The summed E-state index contributed by atoms with van der Waals surface area (Å²) >= 11 is 9.60. The van der Waals surface area contributed by atoms with Crippen LogP contribution in [0.1, 0.15) is 34.0 Å². The number of rotatable bonds is 9. The van der Waals surface area contributed by atoms with E-state index in [9.17, 15) is 14.9 Å². The summed E-state index contributed by atoms with van der Waals surface area (Å²) in [5.74, 6) is -0.708. The minimum atomic E-state index is -0.999. The van der Waals surface area contributed by atoms with E-state index in [2.05, 4.69) is 21.2 Å². The molecule has 184 valence electrons. The van der Waals surface area contributed by atoms with Gasteiger partial charge in [-0.1, -0.05) is 29.8 Å². The van der Waals surface area contributed by atoms with E-state index in [1.165, 1.54) is 18.2 Å². The number of benzene rings is 3. The summed E-state index contributed by atoms with van der Waals surface area (Å²) in [5.41, 5.74) is 2.64. The van der Waals surface area contributed by atoms with Gasteiger partial charge in [-0.05, 0) is 88.9 Å². The second kappa shape index (κ2) is 12.2. The van der Waals surface area contributed by atoms with Gasteiger partial charge in [0, 0.05) is 10.7 Å². The van der Waals surface area contributed by atoms with Crippen molar-refractivity contribution in [2.75, 3.05) is 11.9 Å². The van der Waals surface area contributed by atoms with Gasteiger partial charge < -0.3 is 19.9 Å². The second-order valence-electron chi connectivity index (χ2n) is 7.59. The molecule has 0 aliphatic rings. The van der Waals surface area contributed by atoms with Gasteiger partial charge >= 0.3 is 5.97 Å². The van der Waals surface area contributed by atoms with Gasteiger partial charge in [0.05, 0.1) is 16.6 Å². The van der Waals surface area contributed by atoms with Gasteiger partial charge in [0.1, 0.15) is 18.2 Å². The largest absolute Gasteiger partial charge is 0.490 e. The van der Waals surface area contributed by atoms with Gasteiger partial charge in [-0.2, -0.15) is 5.26 Å². The number of carboxylic acid groups (broad SMARTS) is 1. The van der Waals surface area contributed by atoms with Crippen LogP contribution in [0, 0.1) is 18.3 Å². The molecule has 7 nitrogen and oxygen atoms in total. The fraction of sp³-hybridized carbons (Fsp3) is 0.148. The number of carboxylic acids is 1. The van der Waals surface area contributed by atoms with E-state index in [1.807, 2.05) is 13.0 Å². The second-order valence-corrected chi connectivity index (χ2v) is 8.85. The summed E-state index contributed by atoms with van der Waals surface area (Å²) in [6, 6.07) is 16.8. The lowest BCUT2D eigenvalue weighted by Gasteiger charge is -2.15. The normalized spacial score (nSPS) is 10.9. The molecule has 2 N–H and O–H groups in total. The van der Waals surface area contributed by atoms with Crippen molar-refractivity contribution in [3.05, 3.63) is 91.9 Å². The number of amides is 1. The van der Waals surface area contributed by atoms with Crippen LogP contribution in [0.25, 0.3) is 6.08 Å². The molecule has 9 heteroatoms. The third-order valence-corrected chi connectivity index (χ3v) is 6.11. The molecule has 0 saturated heterocycles. The maximum atomic E-state index is 12.8. The SMILES string of the molecule is CCOc1cc(/C=C(\C#N)C(=O)Nc2cccc(Cl)c2C)cc(Br)c1OCc1ccc(C(=O)O)cc1. The first-order valence-corrected chi connectivity index (χ1v) is 12.0.